The number of hydrogen-bond acceptors (Lipinski definition) is 6. The number of aromatic nitrogens is 3. The lowest BCUT2D eigenvalue weighted by atomic mass is 10.2. The zero-order valence-electron chi connectivity index (χ0n) is 14.4. The summed E-state index contributed by atoms with van der Waals surface area (Å²) < 4.78 is 34.6. The fraction of sp³-hybridized carbons (Fsp3) is 0.118. The highest BCUT2D eigenvalue weighted by Crippen LogP contribution is 2.28. The van der Waals surface area contributed by atoms with Crippen LogP contribution in [0.1, 0.15) is 10.4 Å². The highest BCUT2D eigenvalue weighted by atomic mass is 32.2. The van der Waals surface area contributed by atoms with Crippen LogP contribution in [0, 0.1) is 0 Å². The second-order valence-corrected chi connectivity index (χ2v) is 7.25. The van der Waals surface area contributed by atoms with Crippen molar-refractivity contribution in [2.24, 2.45) is 7.05 Å². The summed E-state index contributed by atoms with van der Waals surface area (Å²) in [7, 11) is -1.06. The van der Waals surface area contributed by atoms with Gasteiger partial charge < -0.3 is 9.84 Å². The Hall–Kier alpha value is -3.40. The average Bonchev–Trinajstić information content (AvgIpc) is 3.07. The number of ether oxygens (including phenoxy) is 1. The summed E-state index contributed by atoms with van der Waals surface area (Å²) in [6.45, 7) is 0. The molecule has 1 aromatic heterocycles. The Morgan fingerprint density at radius 3 is 2.63 bits per heavy atom. The molecule has 0 amide bonds. The minimum atomic E-state index is -4.09. The molecule has 3 rings (SSSR count). The molecule has 0 aliphatic rings. The molecular formula is C17H16N4O5S. The molecule has 9 nitrogen and oxygen atoms in total. The predicted molar refractivity (Wildman–Crippen MR) is 97.2 cm³/mol. The molecular weight excluding hydrogens is 372 g/mol. The Kier molecular flexibility index (Phi) is 4.82. The Bertz CT molecular complexity index is 1110. The molecule has 0 aliphatic heterocycles. The summed E-state index contributed by atoms with van der Waals surface area (Å²) in [5.74, 6) is -0.753. The molecule has 140 valence electrons. The van der Waals surface area contributed by atoms with E-state index in [0.29, 0.717) is 11.4 Å². The van der Waals surface area contributed by atoms with E-state index in [1.165, 1.54) is 30.3 Å². The number of nitrogens with one attached hydrogen (secondary N) is 1. The summed E-state index contributed by atoms with van der Waals surface area (Å²) in [4.78, 5) is 15.0. The first-order valence-corrected chi connectivity index (χ1v) is 9.19. The maximum Gasteiger partial charge on any atom is 0.335 e. The number of benzene rings is 2. The molecule has 0 spiro atoms. The van der Waals surface area contributed by atoms with Gasteiger partial charge >= 0.3 is 5.97 Å². The largest absolute Gasteiger partial charge is 0.495 e. The van der Waals surface area contributed by atoms with Crippen molar-refractivity contribution in [1.29, 1.82) is 0 Å². The third-order valence-electron chi connectivity index (χ3n) is 3.67. The molecule has 0 saturated carbocycles. The van der Waals surface area contributed by atoms with Gasteiger partial charge in [0.2, 0.25) is 0 Å². The summed E-state index contributed by atoms with van der Waals surface area (Å²) in [6, 6.07) is 10.2. The van der Waals surface area contributed by atoms with Gasteiger partial charge in [-0.3, -0.25) is 9.40 Å². The molecule has 0 atom stereocenters. The lowest BCUT2D eigenvalue weighted by Gasteiger charge is -2.12. The van der Waals surface area contributed by atoms with Crippen LogP contribution < -0.4 is 9.46 Å². The van der Waals surface area contributed by atoms with E-state index in [2.05, 4.69) is 14.8 Å². The third kappa shape index (κ3) is 3.90. The zero-order valence-corrected chi connectivity index (χ0v) is 15.3. The van der Waals surface area contributed by atoms with Gasteiger partial charge in [-0.05, 0) is 30.3 Å². The fourth-order valence-corrected chi connectivity index (χ4v) is 3.67. The fourth-order valence-electron chi connectivity index (χ4n) is 2.42. The van der Waals surface area contributed by atoms with Crippen molar-refractivity contribution in [3.05, 3.63) is 54.4 Å². The van der Waals surface area contributed by atoms with Crippen LogP contribution in [-0.2, 0) is 17.1 Å². The number of carboxylic acids is 1. The lowest BCUT2D eigenvalue weighted by Crippen LogP contribution is -2.15. The highest BCUT2D eigenvalue weighted by Gasteiger charge is 2.22. The van der Waals surface area contributed by atoms with Crippen LogP contribution in [0.4, 0.5) is 5.69 Å². The molecule has 0 fully saturated rings. The Balaban J connectivity index is 1.98. The number of methoxy groups -OCH3 is 1. The number of anilines is 1. The van der Waals surface area contributed by atoms with Crippen molar-refractivity contribution < 1.29 is 23.1 Å². The number of carbonyl (C=O) groups is 1. The minimum absolute atomic E-state index is 0.0371. The van der Waals surface area contributed by atoms with Crippen molar-refractivity contribution in [1.82, 2.24) is 14.8 Å². The van der Waals surface area contributed by atoms with Gasteiger partial charge in [0.1, 0.15) is 17.0 Å². The molecule has 2 N–H and O–H groups in total. The van der Waals surface area contributed by atoms with Crippen LogP contribution in [0.5, 0.6) is 5.75 Å². The first kappa shape index (κ1) is 18.4. The van der Waals surface area contributed by atoms with Gasteiger partial charge in [-0.15, -0.1) is 0 Å². The minimum Gasteiger partial charge on any atom is -0.495 e. The zero-order chi connectivity index (χ0) is 19.6. The number of rotatable bonds is 6. The van der Waals surface area contributed by atoms with Gasteiger partial charge in [-0.1, -0.05) is 12.1 Å². The first-order chi connectivity index (χ1) is 12.8. The quantitative estimate of drug-likeness (QED) is 0.662. The standard InChI is InChI=1S/C17H16N4O5S/c1-21-10-18-16(19-21)11-4-3-5-13(8-11)20-27(24,25)15-9-12(17(22)23)6-7-14(15)26-2/h3-10,20H,1-2H3,(H,22,23). The molecule has 10 heteroatoms. The van der Waals surface area contributed by atoms with E-state index in [0.717, 1.165) is 6.07 Å². The monoisotopic (exact) mass is 388 g/mol. The number of nitrogens with zero attached hydrogens (tertiary/aromatic N) is 3. The van der Waals surface area contributed by atoms with Gasteiger partial charge in [-0.25, -0.2) is 18.2 Å². The number of carboxylic acid groups (broad SMARTS) is 1. The van der Waals surface area contributed by atoms with Crippen molar-refractivity contribution in [2.75, 3.05) is 11.8 Å². The number of aryl methyl sites for hydroxylation is 1. The van der Waals surface area contributed by atoms with Crippen molar-refractivity contribution in [2.45, 2.75) is 4.90 Å². The van der Waals surface area contributed by atoms with Gasteiger partial charge in [0.05, 0.1) is 12.7 Å². The summed E-state index contributed by atoms with van der Waals surface area (Å²) in [5.41, 5.74) is 0.743. The summed E-state index contributed by atoms with van der Waals surface area (Å²) in [5, 5.41) is 13.3. The second kappa shape index (κ2) is 7.08. The van der Waals surface area contributed by atoms with Gasteiger partial charge in [0.15, 0.2) is 5.82 Å². The SMILES string of the molecule is COc1ccc(C(=O)O)cc1S(=O)(=O)Nc1cccc(-c2ncn(C)n2)c1. The molecule has 3 aromatic rings. The molecule has 2 aromatic carbocycles. The van der Waals surface area contributed by atoms with Crippen molar-refractivity contribution >= 4 is 21.7 Å². The number of aromatic carboxylic acids is 1. The van der Waals surface area contributed by atoms with E-state index in [9.17, 15) is 13.2 Å². The van der Waals surface area contributed by atoms with Crippen LogP contribution in [0.15, 0.2) is 53.7 Å². The maximum atomic E-state index is 12.8. The van der Waals surface area contributed by atoms with Crippen LogP contribution in [0.3, 0.4) is 0 Å². The molecule has 0 unspecified atom stereocenters. The molecule has 0 radical (unpaired) electrons. The molecule has 0 saturated heterocycles. The van der Waals surface area contributed by atoms with E-state index < -0.39 is 16.0 Å². The summed E-state index contributed by atoms with van der Waals surface area (Å²) >= 11 is 0. The van der Waals surface area contributed by atoms with E-state index in [-0.39, 0.29) is 21.9 Å². The van der Waals surface area contributed by atoms with E-state index in [4.69, 9.17) is 9.84 Å². The van der Waals surface area contributed by atoms with Crippen LogP contribution in [0.2, 0.25) is 0 Å². The van der Waals surface area contributed by atoms with Crippen LogP contribution in [0.25, 0.3) is 11.4 Å². The topological polar surface area (TPSA) is 123 Å². The summed E-state index contributed by atoms with van der Waals surface area (Å²) in [6.07, 6.45) is 1.54. The normalized spacial score (nSPS) is 11.2. The van der Waals surface area contributed by atoms with E-state index >= 15 is 0 Å². The third-order valence-corrected chi connectivity index (χ3v) is 5.08. The molecule has 27 heavy (non-hydrogen) atoms. The molecule has 0 aliphatic carbocycles. The van der Waals surface area contributed by atoms with E-state index in [1.54, 1.807) is 31.3 Å². The molecule has 0 bridgehead atoms. The number of hydrogen-bond donors (Lipinski definition) is 2. The predicted octanol–water partition coefficient (Wildman–Crippen LogP) is 1.99. The maximum absolute atomic E-state index is 12.8. The first-order valence-electron chi connectivity index (χ1n) is 7.70. The van der Waals surface area contributed by atoms with Crippen molar-refractivity contribution in [3.8, 4) is 17.1 Å². The van der Waals surface area contributed by atoms with E-state index in [1.807, 2.05) is 0 Å². The van der Waals surface area contributed by atoms with Crippen LogP contribution in [-0.4, -0.2) is 41.4 Å². The van der Waals surface area contributed by atoms with Gasteiger partial charge in [0, 0.05) is 18.3 Å². The average molecular weight is 388 g/mol. The molecule has 1 heterocycles. The van der Waals surface area contributed by atoms with Crippen molar-refractivity contribution in [3.63, 3.8) is 0 Å². The number of sulfonamides is 1. The Labute approximate surface area is 155 Å². The van der Waals surface area contributed by atoms with Crippen LogP contribution >= 0.6 is 0 Å². The van der Waals surface area contributed by atoms with Gasteiger partial charge in [-0.2, -0.15) is 5.10 Å². The van der Waals surface area contributed by atoms with Gasteiger partial charge in [0.25, 0.3) is 10.0 Å². The highest BCUT2D eigenvalue weighted by molar-refractivity contribution is 7.92. The smallest absolute Gasteiger partial charge is 0.335 e. The lowest BCUT2D eigenvalue weighted by molar-refractivity contribution is 0.0696. The Morgan fingerprint density at radius 1 is 1.22 bits per heavy atom. The second-order valence-electron chi connectivity index (χ2n) is 5.60. The Morgan fingerprint density at radius 2 is 2.00 bits per heavy atom.